The summed E-state index contributed by atoms with van der Waals surface area (Å²) in [5, 5.41) is 16.0. The van der Waals surface area contributed by atoms with Gasteiger partial charge in [0.1, 0.15) is 23.5 Å². The summed E-state index contributed by atoms with van der Waals surface area (Å²) in [5.41, 5.74) is 0.896. The molecule has 0 spiro atoms. The molecule has 3 heterocycles. The Morgan fingerprint density at radius 1 is 1.41 bits per heavy atom. The molecule has 0 aromatic carbocycles. The highest BCUT2D eigenvalue weighted by Gasteiger charge is 2.39. The molecule has 0 radical (unpaired) electrons. The van der Waals surface area contributed by atoms with Crippen LogP contribution in [0.5, 0.6) is 0 Å². The molecule has 0 bridgehead atoms. The highest BCUT2D eigenvalue weighted by molar-refractivity contribution is 5.82. The largest absolute Gasteiger partial charge is 0.481 e. The van der Waals surface area contributed by atoms with Gasteiger partial charge in [-0.2, -0.15) is 0 Å². The van der Waals surface area contributed by atoms with Crippen LogP contribution in [-0.4, -0.2) is 33.3 Å². The monoisotopic (exact) mass is 403 g/mol. The number of halogens is 2. The van der Waals surface area contributed by atoms with Gasteiger partial charge >= 0.3 is 5.97 Å². The van der Waals surface area contributed by atoms with Crippen molar-refractivity contribution in [2.75, 3.05) is 0 Å². The van der Waals surface area contributed by atoms with Crippen LogP contribution in [0.4, 0.5) is 8.78 Å². The van der Waals surface area contributed by atoms with Crippen LogP contribution < -0.4 is 10.6 Å². The van der Waals surface area contributed by atoms with Gasteiger partial charge in [-0.1, -0.05) is 19.8 Å². The van der Waals surface area contributed by atoms with Crippen LogP contribution in [0.15, 0.2) is 35.1 Å². The molecule has 0 amide bonds. The summed E-state index contributed by atoms with van der Waals surface area (Å²) in [5.74, 6) is -1.91. The number of aliphatic carboxylic acids is 1. The Morgan fingerprint density at radius 2 is 2.17 bits per heavy atom. The van der Waals surface area contributed by atoms with Crippen LogP contribution in [-0.2, 0) is 4.79 Å². The van der Waals surface area contributed by atoms with E-state index in [9.17, 15) is 18.7 Å². The van der Waals surface area contributed by atoms with Gasteiger partial charge in [-0.25, -0.2) is 13.8 Å². The van der Waals surface area contributed by atoms with E-state index in [1.807, 2.05) is 6.92 Å². The fraction of sp³-hybridized carbons (Fsp3) is 0.450. The highest BCUT2D eigenvalue weighted by atomic mass is 19.1. The first-order valence-electron chi connectivity index (χ1n) is 9.66. The average molecular weight is 403 g/mol. The predicted molar refractivity (Wildman–Crippen MR) is 104 cm³/mol. The lowest BCUT2D eigenvalue weighted by atomic mass is 9.79. The number of carbonyl (C=O) groups is 1. The molecule has 1 aliphatic heterocycles. The molecule has 1 saturated carbocycles. The Kier molecular flexibility index (Phi) is 4.97. The molecular weight excluding hydrogens is 380 g/mol. The van der Waals surface area contributed by atoms with E-state index in [2.05, 4.69) is 25.6 Å². The van der Waals surface area contributed by atoms with Gasteiger partial charge < -0.3 is 20.7 Å². The van der Waals surface area contributed by atoms with E-state index in [0.29, 0.717) is 16.6 Å². The van der Waals surface area contributed by atoms with Gasteiger partial charge in [-0.15, -0.1) is 0 Å². The minimum atomic E-state index is -0.934. The van der Waals surface area contributed by atoms with Gasteiger partial charge in [0.05, 0.1) is 18.8 Å². The molecule has 4 rings (SSSR count). The molecule has 154 valence electrons. The van der Waals surface area contributed by atoms with E-state index in [1.165, 1.54) is 6.07 Å². The smallest absolute Gasteiger partial charge is 0.305 e. The Labute approximate surface area is 166 Å². The third kappa shape index (κ3) is 3.81. The van der Waals surface area contributed by atoms with Crippen molar-refractivity contribution in [3.8, 4) is 0 Å². The molecular formula is C20H23F2N5O2. The minimum Gasteiger partial charge on any atom is -0.481 e. The topological polar surface area (TPSA) is 102 Å². The first kappa shape index (κ1) is 19.4. The maximum absolute atomic E-state index is 14.5. The molecule has 1 fully saturated rings. The number of hydrogen-bond donors (Lipinski definition) is 4. The average Bonchev–Trinajstić information content (AvgIpc) is 3.29. The molecule has 7 nitrogen and oxygen atoms in total. The maximum atomic E-state index is 14.5. The van der Waals surface area contributed by atoms with Crippen molar-refractivity contribution in [3.63, 3.8) is 0 Å². The Morgan fingerprint density at radius 3 is 2.90 bits per heavy atom. The quantitative estimate of drug-likeness (QED) is 0.591. The number of aliphatic imine (C=N–C) groups is 1. The van der Waals surface area contributed by atoms with Crippen molar-refractivity contribution >= 4 is 23.2 Å². The van der Waals surface area contributed by atoms with Crippen molar-refractivity contribution < 1.29 is 18.7 Å². The van der Waals surface area contributed by atoms with E-state index in [0.717, 1.165) is 38.1 Å². The molecule has 2 aromatic rings. The Hall–Kier alpha value is -2.97. The zero-order valence-corrected chi connectivity index (χ0v) is 16.0. The van der Waals surface area contributed by atoms with Crippen LogP contribution >= 0.6 is 0 Å². The van der Waals surface area contributed by atoms with E-state index in [4.69, 9.17) is 0 Å². The van der Waals surface area contributed by atoms with Crippen LogP contribution in [0, 0.1) is 11.2 Å². The first-order valence-corrected chi connectivity index (χ1v) is 9.66. The fourth-order valence-corrected chi connectivity index (χ4v) is 4.29. The predicted octanol–water partition coefficient (Wildman–Crippen LogP) is 3.53. The molecule has 4 N–H and O–H groups in total. The summed E-state index contributed by atoms with van der Waals surface area (Å²) in [6.07, 6.45) is 6.93. The Bertz CT molecular complexity index is 994. The summed E-state index contributed by atoms with van der Waals surface area (Å²) in [6.45, 7) is 2.04. The van der Waals surface area contributed by atoms with Crippen LogP contribution in [0.2, 0.25) is 0 Å². The van der Waals surface area contributed by atoms with Gasteiger partial charge in [0, 0.05) is 23.2 Å². The van der Waals surface area contributed by atoms with Gasteiger partial charge in [-0.05, 0) is 24.3 Å². The van der Waals surface area contributed by atoms with Crippen LogP contribution in [0.3, 0.4) is 0 Å². The summed E-state index contributed by atoms with van der Waals surface area (Å²) in [6, 6.07) is 0.921. The molecule has 29 heavy (non-hydrogen) atoms. The van der Waals surface area contributed by atoms with E-state index < -0.39 is 29.8 Å². The maximum Gasteiger partial charge on any atom is 0.305 e. The number of aromatic nitrogens is 2. The number of nitrogens with one attached hydrogen (secondary N) is 3. The summed E-state index contributed by atoms with van der Waals surface area (Å²) >= 11 is 0. The summed E-state index contributed by atoms with van der Waals surface area (Å²) < 4.78 is 28.2. The van der Waals surface area contributed by atoms with Crippen molar-refractivity contribution in [2.24, 2.45) is 10.4 Å². The normalized spacial score (nSPS) is 22.0. The van der Waals surface area contributed by atoms with Crippen LogP contribution in [0.1, 0.15) is 50.8 Å². The second-order valence-electron chi connectivity index (χ2n) is 8.00. The van der Waals surface area contributed by atoms with E-state index in [1.54, 1.807) is 6.20 Å². The van der Waals surface area contributed by atoms with Crippen molar-refractivity contribution in [1.82, 2.24) is 20.6 Å². The zero-order valence-electron chi connectivity index (χ0n) is 16.0. The summed E-state index contributed by atoms with van der Waals surface area (Å²) in [4.78, 5) is 22.5. The second-order valence-corrected chi connectivity index (χ2v) is 8.00. The lowest BCUT2D eigenvalue weighted by molar-refractivity contribution is -0.138. The molecule has 0 saturated heterocycles. The number of hydrogen-bond acceptors (Lipinski definition) is 5. The number of H-pyrrole nitrogens is 1. The number of nitrogens with zero attached hydrogens (tertiary/aromatic N) is 2. The standard InChI is InChI=1S/C20H23F2N5O2/c1-20(4-2-3-5-20)15(7-16(28)29)26-19-14(22)10-25-18(27-19)13-9-24-17-12(13)6-11(21)8-23-17/h6,8-10,15,18,26-27H,2-5,7H2,1H3,(H,23,24)(H,28,29)/t15-,18?/m1/s1. The number of allylic oxidation sites excluding steroid dienone is 1. The minimum absolute atomic E-state index is 0.100. The third-order valence-electron chi connectivity index (χ3n) is 5.97. The Balaban J connectivity index is 1.59. The number of rotatable bonds is 6. The molecule has 2 aromatic heterocycles. The number of aromatic amines is 1. The SMILES string of the molecule is CC1([C@@H](CC(=O)O)NC2=C(F)C=NC(c3c[nH]c4ncc(F)cc34)N2)CCCC1. The van der Waals surface area contributed by atoms with Gasteiger partial charge in [0.2, 0.25) is 0 Å². The number of carboxylic acid groups (broad SMARTS) is 1. The number of fused-ring (bicyclic) bond motifs is 1. The summed E-state index contributed by atoms with van der Waals surface area (Å²) in [7, 11) is 0. The lowest BCUT2D eigenvalue weighted by Gasteiger charge is -2.36. The highest BCUT2D eigenvalue weighted by Crippen LogP contribution is 2.42. The number of pyridine rings is 1. The first-order chi connectivity index (χ1) is 13.9. The molecule has 2 atom stereocenters. The van der Waals surface area contributed by atoms with Gasteiger partial charge in [0.15, 0.2) is 5.83 Å². The van der Waals surface area contributed by atoms with E-state index in [-0.39, 0.29) is 17.7 Å². The van der Waals surface area contributed by atoms with Crippen molar-refractivity contribution in [1.29, 1.82) is 0 Å². The molecule has 2 aliphatic rings. The van der Waals surface area contributed by atoms with Crippen molar-refractivity contribution in [3.05, 3.63) is 41.5 Å². The van der Waals surface area contributed by atoms with Crippen LogP contribution in [0.25, 0.3) is 11.0 Å². The van der Waals surface area contributed by atoms with Crippen molar-refractivity contribution in [2.45, 2.75) is 51.2 Å². The second kappa shape index (κ2) is 7.46. The molecule has 1 aliphatic carbocycles. The van der Waals surface area contributed by atoms with E-state index >= 15 is 0 Å². The third-order valence-corrected chi connectivity index (χ3v) is 5.97. The molecule has 1 unspecified atom stereocenters. The fourth-order valence-electron chi connectivity index (χ4n) is 4.29. The molecule has 9 heteroatoms. The lowest BCUT2D eigenvalue weighted by Crippen LogP contribution is -2.47. The number of carboxylic acids is 1. The van der Waals surface area contributed by atoms with Gasteiger partial charge in [0.25, 0.3) is 0 Å². The van der Waals surface area contributed by atoms with Gasteiger partial charge in [-0.3, -0.25) is 9.79 Å². The zero-order chi connectivity index (χ0) is 20.6.